The quantitative estimate of drug-likeness (QED) is 0.138. The van der Waals surface area contributed by atoms with Crippen molar-refractivity contribution in [2.75, 3.05) is 7.11 Å². The lowest BCUT2D eigenvalue weighted by molar-refractivity contribution is 0.105. The van der Waals surface area contributed by atoms with E-state index in [9.17, 15) is 22.4 Å². The van der Waals surface area contributed by atoms with Crippen molar-refractivity contribution in [1.82, 2.24) is 9.78 Å². The highest BCUT2D eigenvalue weighted by atomic mass is 79.9. The molecule has 0 saturated heterocycles. The zero-order valence-electron chi connectivity index (χ0n) is 18.1. The summed E-state index contributed by atoms with van der Waals surface area (Å²) in [4.78, 5) is 14.3. The smallest absolute Gasteiger partial charge is 0.283 e. The second-order valence-corrected chi connectivity index (χ2v) is 9.61. The van der Waals surface area contributed by atoms with Gasteiger partial charge in [0.15, 0.2) is 5.78 Å². The van der Waals surface area contributed by atoms with Crippen LogP contribution < -0.4 is 4.74 Å². The number of benzene rings is 1. The molecule has 0 amide bonds. The highest BCUT2D eigenvalue weighted by molar-refractivity contribution is 9.10. The standard InChI is InChI=1S/C23H20BrClF4N2O2S/c1-3-4-17-14(24)10-18(34-17)15(32)7-5-12-6-8-16(33-2)13(9-12)11-31-21(23(28)29)19(25)20(30-31)22(26)27/h5-10,22-23H,3-4,11H2,1-2H3/b7-5+. The lowest BCUT2D eigenvalue weighted by atomic mass is 10.1. The first-order valence-electron chi connectivity index (χ1n) is 10.2. The molecule has 0 atom stereocenters. The van der Waals surface area contributed by atoms with Crippen LogP contribution in [0.4, 0.5) is 17.6 Å². The Kier molecular flexibility index (Phi) is 8.95. The summed E-state index contributed by atoms with van der Waals surface area (Å²) >= 11 is 10.6. The van der Waals surface area contributed by atoms with Crippen LogP contribution in [0.5, 0.6) is 5.75 Å². The number of thiophene rings is 1. The van der Waals surface area contributed by atoms with Crippen molar-refractivity contribution in [2.24, 2.45) is 0 Å². The van der Waals surface area contributed by atoms with Crippen LogP contribution >= 0.6 is 38.9 Å². The summed E-state index contributed by atoms with van der Waals surface area (Å²) in [6, 6.07) is 6.69. The van der Waals surface area contributed by atoms with E-state index in [1.165, 1.54) is 24.5 Å². The monoisotopic (exact) mass is 578 g/mol. The Hall–Kier alpha value is -2.17. The Labute approximate surface area is 211 Å². The third-order valence-electron chi connectivity index (χ3n) is 4.90. The minimum absolute atomic E-state index is 0.175. The third-order valence-corrected chi connectivity index (χ3v) is 7.47. The number of alkyl halides is 4. The van der Waals surface area contributed by atoms with Crippen LogP contribution in [0.25, 0.3) is 6.08 Å². The number of aryl methyl sites for hydroxylation is 1. The highest BCUT2D eigenvalue weighted by Crippen LogP contribution is 2.36. The molecule has 2 heterocycles. The first-order valence-corrected chi connectivity index (χ1v) is 12.1. The summed E-state index contributed by atoms with van der Waals surface area (Å²) in [5.74, 6) is 0.172. The number of rotatable bonds is 10. The van der Waals surface area contributed by atoms with E-state index in [1.807, 2.05) is 0 Å². The molecular formula is C23H20BrClF4N2O2S. The molecule has 0 N–H and O–H groups in total. The zero-order chi connectivity index (χ0) is 25.0. The van der Waals surface area contributed by atoms with Crippen molar-refractivity contribution >= 4 is 50.7 Å². The van der Waals surface area contributed by atoms with Gasteiger partial charge in [-0.05, 0) is 52.2 Å². The van der Waals surface area contributed by atoms with Gasteiger partial charge < -0.3 is 4.74 Å². The molecule has 11 heteroatoms. The van der Waals surface area contributed by atoms with Gasteiger partial charge >= 0.3 is 0 Å². The van der Waals surface area contributed by atoms with Crippen molar-refractivity contribution in [3.05, 3.63) is 72.1 Å². The molecule has 3 aromatic rings. The Balaban J connectivity index is 1.89. The second kappa shape index (κ2) is 11.5. The van der Waals surface area contributed by atoms with E-state index < -0.39 is 29.3 Å². The maximum absolute atomic E-state index is 13.5. The van der Waals surface area contributed by atoms with Crippen LogP contribution in [0.3, 0.4) is 0 Å². The zero-order valence-corrected chi connectivity index (χ0v) is 21.3. The van der Waals surface area contributed by atoms with Gasteiger partial charge in [0, 0.05) is 14.9 Å². The Morgan fingerprint density at radius 1 is 1.26 bits per heavy atom. The number of carbonyl (C=O) groups excluding carboxylic acids is 1. The number of ketones is 1. The number of aromatic nitrogens is 2. The van der Waals surface area contributed by atoms with Crippen LogP contribution in [-0.2, 0) is 13.0 Å². The van der Waals surface area contributed by atoms with Crippen molar-refractivity contribution in [1.29, 1.82) is 0 Å². The molecule has 3 rings (SSSR count). The molecule has 1 aromatic carbocycles. The Bertz CT molecular complexity index is 1210. The summed E-state index contributed by atoms with van der Waals surface area (Å²) in [5, 5.41) is 2.84. The van der Waals surface area contributed by atoms with Crippen molar-refractivity contribution < 1.29 is 27.1 Å². The molecule has 34 heavy (non-hydrogen) atoms. The molecule has 182 valence electrons. The predicted molar refractivity (Wildman–Crippen MR) is 129 cm³/mol. The van der Waals surface area contributed by atoms with Crippen molar-refractivity contribution in [3.63, 3.8) is 0 Å². The van der Waals surface area contributed by atoms with Crippen molar-refractivity contribution in [2.45, 2.75) is 39.2 Å². The number of hydrogen-bond acceptors (Lipinski definition) is 4. The molecule has 0 radical (unpaired) electrons. The molecule has 0 aliphatic heterocycles. The third kappa shape index (κ3) is 5.90. The first kappa shape index (κ1) is 26.4. The van der Waals surface area contributed by atoms with E-state index in [0.717, 1.165) is 26.9 Å². The fraction of sp³-hybridized carbons (Fsp3) is 0.304. The maximum atomic E-state index is 13.5. The lowest BCUT2D eigenvalue weighted by Crippen LogP contribution is -2.08. The molecule has 0 bridgehead atoms. The highest BCUT2D eigenvalue weighted by Gasteiger charge is 2.28. The first-order chi connectivity index (χ1) is 16.2. The topological polar surface area (TPSA) is 44.1 Å². The summed E-state index contributed by atoms with van der Waals surface area (Å²) < 4.78 is 60.2. The van der Waals surface area contributed by atoms with Gasteiger partial charge in [0.1, 0.15) is 17.1 Å². The van der Waals surface area contributed by atoms with Crippen LogP contribution in [-0.4, -0.2) is 22.7 Å². The number of nitrogens with zero attached hydrogens (tertiary/aromatic N) is 2. The largest absolute Gasteiger partial charge is 0.496 e. The second-order valence-electron chi connectivity index (χ2n) is 7.24. The fourth-order valence-corrected chi connectivity index (χ4v) is 5.50. The number of allylic oxidation sites excluding steroid dienone is 1. The van der Waals surface area contributed by atoms with Crippen molar-refractivity contribution in [3.8, 4) is 5.75 Å². The molecule has 0 spiro atoms. The number of halogens is 6. The summed E-state index contributed by atoms with van der Waals surface area (Å²) in [6.07, 6.45) is -1.35. The molecule has 0 aliphatic carbocycles. The lowest BCUT2D eigenvalue weighted by Gasteiger charge is -2.12. The van der Waals surface area contributed by atoms with E-state index in [2.05, 4.69) is 28.0 Å². The number of ether oxygens (including phenoxy) is 1. The Morgan fingerprint density at radius 3 is 2.62 bits per heavy atom. The molecule has 4 nitrogen and oxygen atoms in total. The summed E-state index contributed by atoms with van der Waals surface area (Å²) in [5.41, 5.74) is -0.689. The van der Waals surface area contributed by atoms with E-state index in [-0.39, 0.29) is 12.3 Å². The normalized spacial score (nSPS) is 11.8. The minimum Gasteiger partial charge on any atom is -0.496 e. The molecule has 0 fully saturated rings. The van der Waals surface area contributed by atoms with Crippen LogP contribution in [0.2, 0.25) is 5.02 Å². The average Bonchev–Trinajstić information content (AvgIpc) is 3.32. The minimum atomic E-state index is -3.10. The predicted octanol–water partition coefficient (Wildman–Crippen LogP) is 8.14. The van der Waals surface area contributed by atoms with Gasteiger partial charge in [0.2, 0.25) is 0 Å². The van der Waals surface area contributed by atoms with E-state index in [0.29, 0.717) is 21.8 Å². The van der Waals surface area contributed by atoms with Gasteiger partial charge in [-0.1, -0.05) is 37.1 Å². The average molecular weight is 580 g/mol. The van der Waals surface area contributed by atoms with Gasteiger partial charge in [-0.3, -0.25) is 9.48 Å². The Morgan fingerprint density at radius 2 is 2.00 bits per heavy atom. The van der Waals surface area contributed by atoms with Gasteiger partial charge in [0.05, 0.1) is 23.6 Å². The number of methoxy groups -OCH3 is 1. The molecule has 0 saturated carbocycles. The number of hydrogen-bond donors (Lipinski definition) is 0. The maximum Gasteiger partial charge on any atom is 0.283 e. The summed E-state index contributed by atoms with van der Waals surface area (Å²) in [6.45, 7) is 1.79. The summed E-state index contributed by atoms with van der Waals surface area (Å²) in [7, 11) is 1.40. The molecule has 0 unspecified atom stereocenters. The van der Waals surface area contributed by atoms with Gasteiger partial charge in [-0.2, -0.15) is 5.10 Å². The van der Waals surface area contributed by atoms with E-state index >= 15 is 0 Å². The van der Waals surface area contributed by atoms with Crippen LogP contribution in [0.1, 0.15) is 63.3 Å². The molecule has 0 aliphatic rings. The molecular weight excluding hydrogens is 560 g/mol. The van der Waals surface area contributed by atoms with E-state index in [1.54, 1.807) is 30.3 Å². The van der Waals surface area contributed by atoms with Gasteiger partial charge in [-0.25, -0.2) is 17.6 Å². The van der Waals surface area contributed by atoms with Gasteiger partial charge in [-0.15, -0.1) is 11.3 Å². The fourth-order valence-electron chi connectivity index (χ4n) is 3.31. The van der Waals surface area contributed by atoms with E-state index in [4.69, 9.17) is 16.3 Å². The van der Waals surface area contributed by atoms with Crippen LogP contribution in [0.15, 0.2) is 34.8 Å². The number of carbonyl (C=O) groups is 1. The van der Waals surface area contributed by atoms with Gasteiger partial charge in [0.25, 0.3) is 12.9 Å². The molecule has 2 aromatic heterocycles. The SMILES string of the molecule is CCCc1sc(C(=O)/C=C/c2ccc(OC)c(Cn3nc(C(F)F)c(Cl)c3C(F)F)c2)cc1Br. The van der Waals surface area contributed by atoms with Crippen LogP contribution in [0, 0.1) is 0 Å².